The number of pyridine rings is 1. The average Bonchev–Trinajstić information content (AvgIpc) is 2.66. The fourth-order valence-electron chi connectivity index (χ4n) is 2.37. The lowest BCUT2D eigenvalue weighted by Gasteiger charge is -2.09. The van der Waals surface area contributed by atoms with Crippen molar-refractivity contribution in [2.75, 3.05) is 11.9 Å². The van der Waals surface area contributed by atoms with Crippen LogP contribution in [0.25, 0.3) is 10.9 Å². The van der Waals surface area contributed by atoms with Gasteiger partial charge in [0.2, 0.25) is 5.91 Å². The molecular formula is C19H17FN4O2. The van der Waals surface area contributed by atoms with Gasteiger partial charge in [0.25, 0.3) is 0 Å². The summed E-state index contributed by atoms with van der Waals surface area (Å²) in [7, 11) is 0. The van der Waals surface area contributed by atoms with Crippen LogP contribution < -0.4 is 16.0 Å². The van der Waals surface area contributed by atoms with E-state index in [1.54, 1.807) is 24.4 Å². The summed E-state index contributed by atoms with van der Waals surface area (Å²) in [6, 6.07) is 14.4. The molecule has 0 aliphatic rings. The molecule has 26 heavy (non-hydrogen) atoms. The molecule has 0 spiro atoms. The largest absolute Gasteiger partial charge is 0.334 e. The van der Waals surface area contributed by atoms with Gasteiger partial charge in [-0.2, -0.15) is 0 Å². The van der Waals surface area contributed by atoms with Crippen molar-refractivity contribution in [3.05, 3.63) is 72.2 Å². The van der Waals surface area contributed by atoms with Crippen LogP contribution in [0.2, 0.25) is 0 Å². The van der Waals surface area contributed by atoms with Gasteiger partial charge in [-0.1, -0.05) is 18.2 Å². The van der Waals surface area contributed by atoms with Crippen molar-refractivity contribution in [3.8, 4) is 0 Å². The Balaban J connectivity index is 1.45. The van der Waals surface area contributed by atoms with Gasteiger partial charge in [-0.3, -0.25) is 9.78 Å². The maximum absolute atomic E-state index is 12.8. The number of aromatic nitrogens is 1. The van der Waals surface area contributed by atoms with Crippen molar-refractivity contribution >= 4 is 28.5 Å². The van der Waals surface area contributed by atoms with E-state index in [0.717, 1.165) is 16.5 Å². The standard InChI is InChI=1S/C19H17FN4O2/c20-15-5-3-13(4-6-15)11-22-19(26)23-12-18(25)24-16-7-8-17-14(10-16)2-1-9-21-17/h1-10H,11-12H2,(H,24,25)(H2,22,23,26). The van der Waals surface area contributed by atoms with Crippen LogP contribution in [0.1, 0.15) is 5.56 Å². The van der Waals surface area contributed by atoms with E-state index in [-0.39, 0.29) is 24.8 Å². The van der Waals surface area contributed by atoms with Crippen molar-refractivity contribution in [1.29, 1.82) is 0 Å². The summed E-state index contributed by atoms with van der Waals surface area (Å²) in [6.07, 6.45) is 1.70. The van der Waals surface area contributed by atoms with Crippen LogP contribution in [0.15, 0.2) is 60.8 Å². The van der Waals surface area contributed by atoms with Crippen LogP contribution >= 0.6 is 0 Å². The van der Waals surface area contributed by atoms with E-state index in [1.807, 2.05) is 24.3 Å². The fraction of sp³-hybridized carbons (Fsp3) is 0.105. The Bertz CT molecular complexity index is 928. The van der Waals surface area contributed by atoms with Gasteiger partial charge in [-0.05, 0) is 42.0 Å². The Kier molecular flexibility index (Phi) is 5.38. The third-order valence-corrected chi connectivity index (χ3v) is 3.66. The summed E-state index contributed by atoms with van der Waals surface area (Å²) >= 11 is 0. The van der Waals surface area contributed by atoms with Gasteiger partial charge in [0.1, 0.15) is 5.82 Å². The molecular weight excluding hydrogens is 335 g/mol. The topological polar surface area (TPSA) is 83.1 Å². The number of rotatable bonds is 5. The number of fused-ring (bicyclic) bond motifs is 1. The predicted molar refractivity (Wildman–Crippen MR) is 97.0 cm³/mol. The second-order valence-electron chi connectivity index (χ2n) is 5.62. The minimum Gasteiger partial charge on any atom is -0.334 e. The van der Waals surface area contributed by atoms with Gasteiger partial charge in [0, 0.05) is 23.8 Å². The van der Waals surface area contributed by atoms with Crippen molar-refractivity contribution in [2.24, 2.45) is 0 Å². The Morgan fingerprint density at radius 3 is 2.62 bits per heavy atom. The minimum absolute atomic E-state index is 0.166. The molecule has 1 aromatic heterocycles. The number of amides is 3. The second-order valence-corrected chi connectivity index (χ2v) is 5.62. The molecule has 132 valence electrons. The molecule has 0 fully saturated rings. The maximum atomic E-state index is 12.8. The molecule has 1 heterocycles. The summed E-state index contributed by atoms with van der Waals surface area (Å²) in [4.78, 5) is 27.9. The van der Waals surface area contributed by atoms with Crippen molar-refractivity contribution in [3.63, 3.8) is 0 Å². The van der Waals surface area contributed by atoms with Crippen molar-refractivity contribution in [1.82, 2.24) is 15.6 Å². The normalized spacial score (nSPS) is 10.3. The number of anilines is 1. The van der Waals surface area contributed by atoms with Gasteiger partial charge in [0.05, 0.1) is 12.1 Å². The first-order chi connectivity index (χ1) is 12.6. The minimum atomic E-state index is -0.479. The highest BCUT2D eigenvalue weighted by molar-refractivity contribution is 5.96. The number of nitrogens with one attached hydrogen (secondary N) is 3. The van der Waals surface area contributed by atoms with Gasteiger partial charge in [-0.15, -0.1) is 0 Å². The lowest BCUT2D eigenvalue weighted by molar-refractivity contribution is -0.115. The van der Waals surface area contributed by atoms with Gasteiger partial charge in [0.15, 0.2) is 0 Å². The second kappa shape index (κ2) is 8.06. The molecule has 0 atom stereocenters. The number of hydrogen-bond donors (Lipinski definition) is 3. The van der Waals surface area contributed by atoms with Crippen LogP contribution in [0.3, 0.4) is 0 Å². The first kappa shape index (κ1) is 17.3. The highest BCUT2D eigenvalue weighted by atomic mass is 19.1. The number of carbonyl (C=O) groups excluding carboxylic acids is 2. The average molecular weight is 352 g/mol. The number of benzene rings is 2. The predicted octanol–water partition coefficient (Wildman–Crippen LogP) is 2.81. The Labute approximate surface area is 149 Å². The molecule has 0 saturated carbocycles. The number of halogens is 1. The van der Waals surface area contributed by atoms with E-state index in [4.69, 9.17) is 0 Å². The summed E-state index contributed by atoms with van der Waals surface area (Å²) < 4.78 is 12.8. The zero-order valence-corrected chi connectivity index (χ0v) is 13.8. The lowest BCUT2D eigenvalue weighted by Crippen LogP contribution is -2.39. The van der Waals surface area contributed by atoms with Crippen LogP contribution in [0.5, 0.6) is 0 Å². The Hall–Kier alpha value is -3.48. The molecule has 0 radical (unpaired) electrons. The van der Waals surface area contributed by atoms with Crippen molar-refractivity contribution in [2.45, 2.75) is 6.54 Å². The number of carbonyl (C=O) groups is 2. The number of hydrogen-bond acceptors (Lipinski definition) is 3. The SMILES string of the molecule is O=C(CNC(=O)NCc1ccc(F)cc1)Nc1ccc2ncccc2c1. The first-order valence-corrected chi connectivity index (χ1v) is 8.01. The van der Waals surface area contributed by atoms with Crippen LogP contribution in [0.4, 0.5) is 14.9 Å². The molecule has 3 amide bonds. The molecule has 3 aromatic rings. The molecule has 7 heteroatoms. The highest BCUT2D eigenvalue weighted by Crippen LogP contribution is 2.16. The van der Waals surface area contributed by atoms with Crippen LogP contribution in [0, 0.1) is 5.82 Å². The quantitative estimate of drug-likeness (QED) is 0.660. The summed E-state index contributed by atoms with van der Waals surface area (Å²) in [5.74, 6) is -0.676. The fourth-order valence-corrected chi connectivity index (χ4v) is 2.37. The molecule has 0 aliphatic carbocycles. The van der Waals surface area contributed by atoms with Gasteiger partial charge in [-0.25, -0.2) is 9.18 Å². The molecule has 0 bridgehead atoms. The number of nitrogens with zero attached hydrogens (tertiary/aromatic N) is 1. The van der Waals surface area contributed by atoms with Crippen LogP contribution in [-0.2, 0) is 11.3 Å². The van der Waals surface area contributed by atoms with E-state index in [0.29, 0.717) is 5.69 Å². The van der Waals surface area contributed by atoms with Gasteiger partial charge < -0.3 is 16.0 Å². The zero-order valence-electron chi connectivity index (χ0n) is 13.8. The number of urea groups is 1. The van der Waals surface area contributed by atoms with Crippen LogP contribution in [-0.4, -0.2) is 23.5 Å². The van der Waals surface area contributed by atoms with E-state index >= 15 is 0 Å². The Morgan fingerprint density at radius 1 is 1.00 bits per heavy atom. The first-order valence-electron chi connectivity index (χ1n) is 8.01. The van der Waals surface area contributed by atoms with Crippen molar-refractivity contribution < 1.29 is 14.0 Å². The molecule has 3 N–H and O–H groups in total. The lowest BCUT2D eigenvalue weighted by atomic mass is 10.2. The smallest absolute Gasteiger partial charge is 0.315 e. The van der Waals surface area contributed by atoms with Gasteiger partial charge >= 0.3 is 6.03 Å². The summed E-state index contributed by atoms with van der Waals surface area (Å²) in [5, 5.41) is 8.70. The van der Waals surface area contributed by atoms with E-state index in [1.165, 1.54) is 12.1 Å². The highest BCUT2D eigenvalue weighted by Gasteiger charge is 2.06. The third kappa shape index (κ3) is 4.76. The summed E-state index contributed by atoms with van der Waals surface area (Å²) in [5.41, 5.74) is 2.23. The van der Waals surface area contributed by atoms with E-state index in [9.17, 15) is 14.0 Å². The molecule has 2 aromatic carbocycles. The molecule has 3 rings (SSSR count). The molecule has 0 saturated heterocycles. The maximum Gasteiger partial charge on any atom is 0.315 e. The van der Waals surface area contributed by atoms with E-state index < -0.39 is 6.03 Å². The monoisotopic (exact) mass is 352 g/mol. The molecule has 0 aliphatic heterocycles. The molecule has 0 unspecified atom stereocenters. The molecule has 6 nitrogen and oxygen atoms in total. The third-order valence-electron chi connectivity index (χ3n) is 3.66. The van der Waals surface area contributed by atoms with E-state index in [2.05, 4.69) is 20.9 Å². The Morgan fingerprint density at radius 2 is 1.81 bits per heavy atom. The summed E-state index contributed by atoms with van der Waals surface area (Å²) in [6.45, 7) is 0.0751. The zero-order chi connectivity index (χ0) is 18.4.